The van der Waals surface area contributed by atoms with Gasteiger partial charge < -0.3 is 4.48 Å². The summed E-state index contributed by atoms with van der Waals surface area (Å²) in [5, 5.41) is 0. The van der Waals surface area contributed by atoms with Crippen LogP contribution in [0.25, 0.3) is 5.69 Å². The number of rotatable bonds is 3. The Balaban J connectivity index is 0.00000200. The Bertz CT molecular complexity index is 636. The highest BCUT2D eigenvalue weighted by Gasteiger charge is 2.21. The highest BCUT2D eigenvalue weighted by atomic mass is 127. The molecule has 2 rings (SSSR count). The summed E-state index contributed by atoms with van der Waals surface area (Å²) in [6, 6.07) is 9.76. The smallest absolute Gasteiger partial charge is 0.280 e. The van der Waals surface area contributed by atoms with Gasteiger partial charge in [0.25, 0.3) is 5.56 Å². The highest BCUT2D eigenvalue weighted by Crippen LogP contribution is 2.12. The van der Waals surface area contributed by atoms with Crippen molar-refractivity contribution >= 4 is 24.0 Å². The number of halogens is 1. The van der Waals surface area contributed by atoms with Gasteiger partial charge in [-0.25, -0.2) is 4.68 Å². The number of hydrogen-bond acceptors (Lipinski definition) is 1. The minimum absolute atomic E-state index is 0. The van der Waals surface area contributed by atoms with Gasteiger partial charge in [-0.2, -0.15) is 0 Å². The predicted octanol–water partition coefficient (Wildman–Crippen LogP) is 2.31. The maximum Gasteiger partial charge on any atom is 0.280 e. The Morgan fingerprint density at radius 1 is 1.10 bits per heavy atom. The standard InChI is InChI=1S/C15H22N3O.HI/c1-12-14(11-18(3,4)5)15(19)17(16(12)2)13-9-7-6-8-10-13;/h6-10H,11H2,1-5H3;1H/q+1;. The van der Waals surface area contributed by atoms with E-state index in [1.54, 1.807) is 4.68 Å². The summed E-state index contributed by atoms with van der Waals surface area (Å²) < 4.78 is 4.41. The fourth-order valence-electron chi connectivity index (χ4n) is 2.28. The Labute approximate surface area is 137 Å². The van der Waals surface area contributed by atoms with Gasteiger partial charge in [-0.3, -0.25) is 9.48 Å². The molecule has 0 aliphatic carbocycles. The van der Waals surface area contributed by atoms with Gasteiger partial charge in [0.2, 0.25) is 0 Å². The zero-order valence-electron chi connectivity index (χ0n) is 12.8. The predicted molar refractivity (Wildman–Crippen MR) is 92.9 cm³/mol. The molecule has 0 aliphatic rings. The monoisotopic (exact) mass is 388 g/mol. The summed E-state index contributed by atoms with van der Waals surface area (Å²) in [4.78, 5) is 12.6. The molecule has 110 valence electrons. The summed E-state index contributed by atoms with van der Waals surface area (Å²) in [5.74, 6) is 0. The summed E-state index contributed by atoms with van der Waals surface area (Å²) in [6.45, 7) is 2.74. The van der Waals surface area contributed by atoms with E-state index < -0.39 is 0 Å². The van der Waals surface area contributed by atoms with Crippen molar-refractivity contribution in [2.24, 2.45) is 7.05 Å². The average molecular weight is 388 g/mol. The van der Waals surface area contributed by atoms with Gasteiger partial charge in [-0.15, -0.1) is 24.0 Å². The van der Waals surface area contributed by atoms with Crippen LogP contribution in [0.1, 0.15) is 11.3 Å². The van der Waals surface area contributed by atoms with Gasteiger partial charge in [0.1, 0.15) is 6.54 Å². The van der Waals surface area contributed by atoms with Crippen molar-refractivity contribution in [1.29, 1.82) is 0 Å². The van der Waals surface area contributed by atoms with E-state index in [1.807, 2.05) is 49.0 Å². The van der Waals surface area contributed by atoms with Crippen molar-refractivity contribution in [2.75, 3.05) is 21.1 Å². The molecule has 0 aliphatic heterocycles. The SMILES string of the molecule is Cc1c(C[N+](C)(C)C)c(=O)n(-c2ccccc2)n1C.I. The molecule has 0 N–H and O–H groups in total. The van der Waals surface area contributed by atoms with E-state index in [9.17, 15) is 4.79 Å². The molecule has 1 aromatic heterocycles. The van der Waals surface area contributed by atoms with Crippen LogP contribution >= 0.6 is 24.0 Å². The third-order valence-corrected chi connectivity index (χ3v) is 3.31. The van der Waals surface area contributed by atoms with E-state index in [1.165, 1.54) is 0 Å². The van der Waals surface area contributed by atoms with E-state index >= 15 is 0 Å². The third kappa shape index (κ3) is 3.32. The molecule has 1 aromatic carbocycles. The molecule has 0 saturated heterocycles. The minimum atomic E-state index is 0. The van der Waals surface area contributed by atoms with Gasteiger partial charge >= 0.3 is 0 Å². The van der Waals surface area contributed by atoms with E-state index in [0.29, 0.717) is 0 Å². The van der Waals surface area contributed by atoms with Crippen LogP contribution in [0.15, 0.2) is 35.1 Å². The first kappa shape index (κ1) is 17.0. The number of hydrogen-bond donors (Lipinski definition) is 0. The van der Waals surface area contributed by atoms with Gasteiger partial charge in [-0.1, -0.05) is 18.2 Å². The molecule has 0 saturated carbocycles. The van der Waals surface area contributed by atoms with E-state index in [-0.39, 0.29) is 29.5 Å². The average Bonchev–Trinajstić information content (AvgIpc) is 2.53. The molecule has 0 radical (unpaired) electrons. The number of nitrogens with zero attached hydrogens (tertiary/aromatic N) is 3. The van der Waals surface area contributed by atoms with Gasteiger partial charge in [0, 0.05) is 12.7 Å². The van der Waals surface area contributed by atoms with Crippen molar-refractivity contribution in [1.82, 2.24) is 9.36 Å². The summed E-state index contributed by atoms with van der Waals surface area (Å²) in [5.41, 5.74) is 2.91. The van der Waals surface area contributed by atoms with Crippen molar-refractivity contribution < 1.29 is 4.48 Å². The third-order valence-electron chi connectivity index (χ3n) is 3.31. The Morgan fingerprint density at radius 3 is 2.15 bits per heavy atom. The summed E-state index contributed by atoms with van der Waals surface area (Å²) in [7, 11) is 8.22. The largest absolute Gasteiger partial charge is 0.327 e. The maximum absolute atomic E-state index is 12.6. The highest BCUT2D eigenvalue weighted by molar-refractivity contribution is 14.0. The van der Waals surface area contributed by atoms with Crippen molar-refractivity contribution in [3.63, 3.8) is 0 Å². The van der Waals surface area contributed by atoms with Gasteiger partial charge in [0.05, 0.1) is 32.4 Å². The number of quaternary nitrogens is 1. The van der Waals surface area contributed by atoms with Crippen LogP contribution in [0.2, 0.25) is 0 Å². The Morgan fingerprint density at radius 2 is 1.65 bits per heavy atom. The van der Waals surface area contributed by atoms with Crippen LogP contribution in [-0.4, -0.2) is 35.0 Å². The number of benzene rings is 1. The second-order valence-corrected chi connectivity index (χ2v) is 5.99. The quantitative estimate of drug-likeness (QED) is 0.586. The molecule has 0 bridgehead atoms. The second kappa shape index (κ2) is 6.13. The fraction of sp³-hybridized carbons (Fsp3) is 0.400. The molecule has 0 spiro atoms. The van der Waals surface area contributed by atoms with Crippen molar-refractivity contribution in [2.45, 2.75) is 13.5 Å². The molecule has 0 fully saturated rings. The molecule has 5 heteroatoms. The first-order valence-electron chi connectivity index (χ1n) is 6.44. The lowest BCUT2D eigenvalue weighted by molar-refractivity contribution is -0.884. The van der Waals surface area contributed by atoms with Gasteiger partial charge in [0.15, 0.2) is 0 Å². The molecule has 1 heterocycles. The second-order valence-electron chi connectivity index (χ2n) is 5.99. The molecule has 0 atom stereocenters. The minimum Gasteiger partial charge on any atom is -0.327 e. The van der Waals surface area contributed by atoms with Crippen LogP contribution in [0.5, 0.6) is 0 Å². The zero-order chi connectivity index (χ0) is 14.2. The van der Waals surface area contributed by atoms with Crippen LogP contribution in [0.4, 0.5) is 0 Å². The van der Waals surface area contributed by atoms with Crippen LogP contribution in [0.3, 0.4) is 0 Å². The summed E-state index contributed by atoms with van der Waals surface area (Å²) in [6.07, 6.45) is 0. The molecule has 4 nitrogen and oxygen atoms in total. The molecular formula is C15H23IN3O+. The Kier molecular flexibility index (Phi) is 5.21. The number of aromatic nitrogens is 2. The number of para-hydroxylation sites is 1. The first-order chi connectivity index (χ1) is 8.81. The lowest BCUT2D eigenvalue weighted by Gasteiger charge is -2.23. The first-order valence-corrected chi connectivity index (χ1v) is 6.44. The van der Waals surface area contributed by atoms with E-state index in [0.717, 1.165) is 28.0 Å². The summed E-state index contributed by atoms with van der Waals surface area (Å²) >= 11 is 0. The van der Waals surface area contributed by atoms with Gasteiger partial charge in [-0.05, 0) is 19.1 Å². The van der Waals surface area contributed by atoms with Crippen molar-refractivity contribution in [3.05, 3.63) is 51.9 Å². The zero-order valence-corrected chi connectivity index (χ0v) is 15.1. The van der Waals surface area contributed by atoms with Crippen molar-refractivity contribution in [3.8, 4) is 5.69 Å². The van der Waals surface area contributed by atoms with E-state index in [2.05, 4.69) is 21.1 Å². The van der Waals surface area contributed by atoms with E-state index in [4.69, 9.17) is 0 Å². The molecule has 20 heavy (non-hydrogen) atoms. The van der Waals surface area contributed by atoms with Crippen LogP contribution in [0, 0.1) is 6.92 Å². The van der Waals surface area contributed by atoms with Crippen LogP contribution < -0.4 is 5.56 Å². The molecular weight excluding hydrogens is 365 g/mol. The Hall–Kier alpha value is -1.08. The fourth-order valence-corrected chi connectivity index (χ4v) is 2.28. The molecule has 0 amide bonds. The topological polar surface area (TPSA) is 26.9 Å². The molecule has 2 aromatic rings. The normalized spacial score (nSPS) is 11.2. The lowest BCUT2D eigenvalue weighted by Crippen LogP contribution is -2.35. The molecule has 0 unspecified atom stereocenters. The van der Waals surface area contributed by atoms with Crippen LogP contribution in [-0.2, 0) is 13.6 Å². The maximum atomic E-state index is 12.6. The lowest BCUT2D eigenvalue weighted by atomic mass is 10.2.